The van der Waals surface area contributed by atoms with Gasteiger partial charge in [-0.15, -0.1) is 0 Å². The lowest BCUT2D eigenvalue weighted by Gasteiger charge is -2.24. The summed E-state index contributed by atoms with van der Waals surface area (Å²) in [7, 11) is 0. The third-order valence-electron chi connectivity index (χ3n) is 4.59. The minimum absolute atomic E-state index is 0.198. The number of likely N-dealkylation sites (tertiary alicyclic amines) is 1. The number of hydrogen-bond donors (Lipinski definition) is 0. The summed E-state index contributed by atoms with van der Waals surface area (Å²) in [6.07, 6.45) is 9.54. The van der Waals surface area contributed by atoms with E-state index in [0.29, 0.717) is 30.6 Å². The molecule has 2 aromatic rings. The Morgan fingerprint density at radius 3 is 2.92 bits per heavy atom. The zero-order valence-electron chi connectivity index (χ0n) is 14.1. The molecule has 1 amide bonds. The van der Waals surface area contributed by atoms with Crippen LogP contribution in [0, 0.1) is 0 Å². The maximum absolute atomic E-state index is 12.5. The fourth-order valence-corrected chi connectivity index (χ4v) is 3.24. The molecule has 0 saturated carbocycles. The maximum atomic E-state index is 12.5. The zero-order valence-corrected chi connectivity index (χ0v) is 14.1. The second-order valence-electron chi connectivity index (χ2n) is 6.24. The number of pyridine rings is 1. The number of amides is 1. The molecule has 24 heavy (non-hydrogen) atoms. The highest BCUT2D eigenvalue weighted by atomic mass is 16.5. The van der Waals surface area contributed by atoms with Crippen LogP contribution in [-0.4, -0.2) is 38.5 Å². The van der Waals surface area contributed by atoms with Crippen LogP contribution in [0.4, 0.5) is 0 Å². The van der Waals surface area contributed by atoms with Gasteiger partial charge in [0.25, 0.3) is 0 Å². The van der Waals surface area contributed by atoms with E-state index in [1.54, 1.807) is 0 Å². The highest BCUT2D eigenvalue weighted by Crippen LogP contribution is 2.23. The van der Waals surface area contributed by atoms with Crippen LogP contribution >= 0.6 is 0 Å². The molecule has 0 aliphatic carbocycles. The van der Waals surface area contributed by atoms with Crippen LogP contribution in [0.3, 0.4) is 0 Å². The van der Waals surface area contributed by atoms with Crippen molar-refractivity contribution in [3.05, 3.63) is 41.8 Å². The van der Waals surface area contributed by atoms with Gasteiger partial charge in [-0.25, -0.2) is 0 Å². The second-order valence-corrected chi connectivity index (χ2v) is 6.24. The largest absolute Gasteiger partial charge is 0.340 e. The first kappa shape index (κ1) is 16.6. The SMILES string of the molecule is CCc1noc(CCC(=O)N2CCC[C@@H]2CCc2ccncc2)n1. The fourth-order valence-electron chi connectivity index (χ4n) is 3.24. The number of rotatable bonds is 7. The summed E-state index contributed by atoms with van der Waals surface area (Å²) in [4.78, 5) is 22.9. The Balaban J connectivity index is 1.49. The van der Waals surface area contributed by atoms with E-state index in [1.165, 1.54) is 5.56 Å². The molecular weight excluding hydrogens is 304 g/mol. The highest BCUT2D eigenvalue weighted by molar-refractivity contribution is 5.77. The number of carbonyl (C=O) groups is 1. The minimum atomic E-state index is 0.198. The van der Waals surface area contributed by atoms with Gasteiger partial charge in [0.1, 0.15) is 0 Å². The number of aromatic nitrogens is 3. The summed E-state index contributed by atoms with van der Waals surface area (Å²) in [6, 6.07) is 4.43. The van der Waals surface area contributed by atoms with E-state index in [-0.39, 0.29) is 5.91 Å². The molecule has 1 atom stereocenters. The predicted molar refractivity (Wildman–Crippen MR) is 89.3 cm³/mol. The summed E-state index contributed by atoms with van der Waals surface area (Å²) in [5, 5.41) is 3.87. The average Bonchev–Trinajstić information content (AvgIpc) is 3.28. The molecule has 2 aromatic heterocycles. The third-order valence-corrected chi connectivity index (χ3v) is 4.59. The summed E-state index contributed by atoms with van der Waals surface area (Å²) in [6.45, 7) is 2.85. The number of hydrogen-bond acceptors (Lipinski definition) is 5. The van der Waals surface area contributed by atoms with Crippen molar-refractivity contribution in [1.29, 1.82) is 0 Å². The molecule has 0 bridgehead atoms. The topological polar surface area (TPSA) is 72.1 Å². The fraction of sp³-hybridized carbons (Fsp3) is 0.556. The van der Waals surface area contributed by atoms with Gasteiger partial charge in [0.05, 0.1) is 0 Å². The molecule has 0 N–H and O–H groups in total. The van der Waals surface area contributed by atoms with Crippen molar-refractivity contribution in [2.75, 3.05) is 6.54 Å². The van der Waals surface area contributed by atoms with E-state index in [4.69, 9.17) is 4.52 Å². The number of aryl methyl sites for hydroxylation is 3. The van der Waals surface area contributed by atoms with Gasteiger partial charge in [-0.05, 0) is 43.4 Å². The Morgan fingerprint density at radius 2 is 2.17 bits per heavy atom. The van der Waals surface area contributed by atoms with E-state index >= 15 is 0 Å². The summed E-state index contributed by atoms with van der Waals surface area (Å²) in [5.41, 5.74) is 1.28. The first-order valence-electron chi connectivity index (χ1n) is 8.76. The van der Waals surface area contributed by atoms with Gasteiger partial charge in [0, 0.05) is 44.2 Å². The standard InChI is InChI=1S/C18H24N4O2/c1-2-16-20-17(24-21-16)7-8-18(23)22-13-3-4-15(22)6-5-14-9-11-19-12-10-14/h9-12,15H,2-8,13H2,1H3/t15-/m1/s1. The van der Waals surface area contributed by atoms with Crippen molar-refractivity contribution in [2.24, 2.45) is 0 Å². The van der Waals surface area contributed by atoms with Crippen molar-refractivity contribution in [2.45, 2.75) is 57.9 Å². The van der Waals surface area contributed by atoms with Crippen molar-refractivity contribution < 1.29 is 9.32 Å². The van der Waals surface area contributed by atoms with Gasteiger partial charge < -0.3 is 9.42 Å². The van der Waals surface area contributed by atoms with Crippen molar-refractivity contribution in [3.63, 3.8) is 0 Å². The Kier molecular flexibility index (Phi) is 5.56. The van der Waals surface area contributed by atoms with Crippen LogP contribution in [0.25, 0.3) is 0 Å². The first-order chi connectivity index (χ1) is 11.8. The lowest BCUT2D eigenvalue weighted by Crippen LogP contribution is -2.36. The molecule has 1 aliphatic rings. The molecule has 3 rings (SSSR count). The Labute approximate surface area is 142 Å². The summed E-state index contributed by atoms with van der Waals surface area (Å²) in [5.74, 6) is 1.46. The highest BCUT2D eigenvalue weighted by Gasteiger charge is 2.28. The molecule has 1 aliphatic heterocycles. The van der Waals surface area contributed by atoms with Crippen molar-refractivity contribution in [1.82, 2.24) is 20.0 Å². The predicted octanol–water partition coefficient (Wildman–Crippen LogP) is 2.58. The summed E-state index contributed by atoms with van der Waals surface area (Å²) >= 11 is 0. The minimum Gasteiger partial charge on any atom is -0.340 e. The van der Waals surface area contributed by atoms with Gasteiger partial charge in [-0.2, -0.15) is 4.98 Å². The lowest BCUT2D eigenvalue weighted by atomic mass is 10.0. The van der Waals surface area contributed by atoms with Crippen molar-refractivity contribution >= 4 is 5.91 Å². The molecule has 0 unspecified atom stereocenters. The zero-order chi connectivity index (χ0) is 16.8. The van der Waals surface area contributed by atoms with Crippen LogP contribution in [-0.2, 0) is 24.1 Å². The monoisotopic (exact) mass is 328 g/mol. The normalized spacial score (nSPS) is 17.4. The van der Waals surface area contributed by atoms with Crippen LogP contribution in [0.5, 0.6) is 0 Å². The third kappa shape index (κ3) is 4.19. The van der Waals surface area contributed by atoms with Crippen LogP contribution in [0.15, 0.2) is 29.0 Å². The molecular formula is C18H24N4O2. The molecule has 1 fully saturated rings. The average molecular weight is 328 g/mol. The van der Waals surface area contributed by atoms with E-state index in [0.717, 1.165) is 38.6 Å². The van der Waals surface area contributed by atoms with E-state index in [1.807, 2.05) is 36.4 Å². The van der Waals surface area contributed by atoms with Crippen molar-refractivity contribution in [3.8, 4) is 0 Å². The maximum Gasteiger partial charge on any atom is 0.227 e. The Bertz CT molecular complexity index is 656. The Morgan fingerprint density at radius 1 is 1.33 bits per heavy atom. The molecule has 0 radical (unpaired) electrons. The van der Waals surface area contributed by atoms with E-state index in [2.05, 4.69) is 15.1 Å². The number of nitrogens with zero attached hydrogens (tertiary/aromatic N) is 4. The molecule has 6 heteroatoms. The van der Waals surface area contributed by atoms with E-state index < -0.39 is 0 Å². The number of carbonyl (C=O) groups excluding carboxylic acids is 1. The smallest absolute Gasteiger partial charge is 0.227 e. The lowest BCUT2D eigenvalue weighted by molar-refractivity contribution is -0.132. The van der Waals surface area contributed by atoms with Crippen LogP contribution < -0.4 is 0 Å². The van der Waals surface area contributed by atoms with Gasteiger partial charge in [0.2, 0.25) is 11.8 Å². The Hall–Kier alpha value is -2.24. The van der Waals surface area contributed by atoms with E-state index in [9.17, 15) is 4.79 Å². The molecule has 0 aromatic carbocycles. The van der Waals surface area contributed by atoms with Gasteiger partial charge >= 0.3 is 0 Å². The molecule has 128 valence electrons. The molecule has 0 spiro atoms. The summed E-state index contributed by atoms with van der Waals surface area (Å²) < 4.78 is 5.16. The van der Waals surface area contributed by atoms with Crippen LogP contribution in [0.2, 0.25) is 0 Å². The molecule has 6 nitrogen and oxygen atoms in total. The van der Waals surface area contributed by atoms with Gasteiger partial charge in [0.15, 0.2) is 5.82 Å². The van der Waals surface area contributed by atoms with Gasteiger partial charge in [-0.1, -0.05) is 12.1 Å². The molecule has 1 saturated heterocycles. The first-order valence-corrected chi connectivity index (χ1v) is 8.76. The van der Waals surface area contributed by atoms with Gasteiger partial charge in [-0.3, -0.25) is 9.78 Å². The second kappa shape index (κ2) is 8.04. The molecule has 3 heterocycles. The quantitative estimate of drug-likeness (QED) is 0.781. The van der Waals surface area contributed by atoms with Crippen LogP contribution in [0.1, 0.15) is 49.9 Å².